The topological polar surface area (TPSA) is 33.6 Å². The van der Waals surface area contributed by atoms with E-state index in [1.54, 1.807) is 11.8 Å². The Kier molecular flexibility index (Phi) is 4.59. The summed E-state index contributed by atoms with van der Waals surface area (Å²) in [5.74, 6) is 1.80. The summed E-state index contributed by atoms with van der Waals surface area (Å²) in [6, 6.07) is 18.1. The number of hydrogen-bond donors (Lipinski definition) is 1. The van der Waals surface area contributed by atoms with Crippen LogP contribution in [-0.2, 0) is 6.61 Å². The maximum absolute atomic E-state index is 5.82. The van der Waals surface area contributed by atoms with Crippen LogP contribution in [0.5, 0.6) is 5.75 Å². The van der Waals surface area contributed by atoms with Gasteiger partial charge in [-0.2, -0.15) is 0 Å². The minimum atomic E-state index is 0.572. The van der Waals surface area contributed by atoms with Crippen molar-refractivity contribution < 1.29 is 4.74 Å². The number of amidine groups is 1. The molecule has 0 bridgehead atoms. The minimum absolute atomic E-state index is 0.572. The second-order valence-electron chi connectivity index (χ2n) is 4.56. The Balaban J connectivity index is 1.63. The van der Waals surface area contributed by atoms with Gasteiger partial charge in [0.05, 0.1) is 0 Å². The van der Waals surface area contributed by atoms with Crippen molar-refractivity contribution in [3.05, 3.63) is 72.4 Å². The number of nitrogens with zero attached hydrogens (tertiary/aromatic N) is 1. The van der Waals surface area contributed by atoms with E-state index in [1.165, 1.54) is 0 Å². The van der Waals surface area contributed by atoms with E-state index in [1.807, 2.05) is 54.7 Å². The number of nitrogens with one attached hydrogen (secondary N) is 1. The van der Waals surface area contributed by atoms with Gasteiger partial charge in [0.2, 0.25) is 0 Å². The molecule has 0 amide bonds. The first-order chi connectivity index (χ1) is 10.4. The Morgan fingerprint density at radius 2 is 2.00 bits per heavy atom. The molecule has 106 valence electrons. The minimum Gasteiger partial charge on any atom is -0.489 e. The van der Waals surface area contributed by atoms with Gasteiger partial charge in [-0.3, -0.25) is 0 Å². The van der Waals surface area contributed by atoms with E-state index in [0.29, 0.717) is 6.61 Å². The van der Waals surface area contributed by atoms with Crippen LogP contribution in [-0.4, -0.2) is 10.9 Å². The van der Waals surface area contributed by atoms with Crippen molar-refractivity contribution in [2.24, 2.45) is 4.99 Å². The molecule has 0 aromatic heterocycles. The molecule has 3 rings (SSSR count). The molecule has 0 aliphatic carbocycles. The first kappa shape index (κ1) is 13.8. The predicted molar refractivity (Wildman–Crippen MR) is 89.9 cm³/mol. The van der Waals surface area contributed by atoms with Crippen LogP contribution in [0, 0.1) is 0 Å². The molecule has 2 aromatic carbocycles. The highest BCUT2D eigenvalue weighted by Crippen LogP contribution is 2.21. The molecular weight excluding hydrogens is 280 g/mol. The van der Waals surface area contributed by atoms with Crippen molar-refractivity contribution >= 4 is 22.6 Å². The number of anilines is 1. The fourth-order valence-electron chi connectivity index (χ4n) is 1.92. The molecule has 0 fully saturated rings. The molecule has 0 saturated heterocycles. The number of rotatable bonds is 4. The van der Waals surface area contributed by atoms with Gasteiger partial charge < -0.3 is 10.1 Å². The molecule has 0 spiro atoms. The first-order valence-corrected chi connectivity index (χ1v) is 7.78. The maximum atomic E-state index is 5.82. The lowest BCUT2D eigenvalue weighted by Crippen LogP contribution is -2.09. The van der Waals surface area contributed by atoms with Gasteiger partial charge >= 0.3 is 0 Å². The molecular formula is C17H16N2OS. The van der Waals surface area contributed by atoms with Gasteiger partial charge in [-0.05, 0) is 17.7 Å². The van der Waals surface area contributed by atoms with E-state index in [0.717, 1.165) is 27.9 Å². The molecule has 0 atom stereocenters. The van der Waals surface area contributed by atoms with Gasteiger partial charge in [-0.1, -0.05) is 54.2 Å². The van der Waals surface area contributed by atoms with E-state index in [4.69, 9.17) is 4.74 Å². The smallest absolute Gasteiger partial charge is 0.165 e. The van der Waals surface area contributed by atoms with Crippen LogP contribution in [0.4, 0.5) is 5.69 Å². The zero-order chi connectivity index (χ0) is 14.3. The molecule has 0 unspecified atom stereocenters. The maximum Gasteiger partial charge on any atom is 0.165 e. The van der Waals surface area contributed by atoms with E-state index < -0.39 is 0 Å². The van der Waals surface area contributed by atoms with E-state index in [2.05, 4.69) is 22.4 Å². The Bertz CT molecular complexity index is 653. The molecule has 4 heteroatoms. The highest BCUT2D eigenvalue weighted by molar-refractivity contribution is 8.14. The van der Waals surface area contributed by atoms with Gasteiger partial charge in [0.25, 0.3) is 0 Å². The van der Waals surface area contributed by atoms with Crippen LogP contribution in [0.15, 0.2) is 71.9 Å². The number of aliphatic imine (C=N–C) groups is 1. The summed E-state index contributed by atoms with van der Waals surface area (Å²) >= 11 is 1.69. The third-order valence-electron chi connectivity index (χ3n) is 2.95. The summed E-state index contributed by atoms with van der Waals surface area (Å²) < 4.78 is 5.82. The number of benzene rings is 2. The highest BCUT2D eigenvalue weighted by Gasteiger charge is 2.04. The third kappa shape index (κ3) is 4.13. The van der Waals surface area contributed by atoms with Crippen molar-refractivity contribution in [2.75, 3.05) is 11.1 Å². The normalized spacial score (nSPS) is 13.6. The fourth-order valence-corrected chi connectivity index (χ4v) is 2.59. The Labute approximate surface area is 128 Å². The Hall–Kier alpha value is -2.20. The van der Waals surface area contributed by atoms with Crippen LogP contribution in [0.25, 0.3) is 0 Å². The lowest BCUT2D eigenvalue weighted by molar-refractivity contribution is 0.306. The fraction of sp³-hybridized carbons (Fsp3) is 0.118. The van der Waals surface area contributed by atoms with Gasteiger partial charge in [-0.25, -0.2) is 4.99 Å². The average molecular weight is 296 g/mol. The van der Waals surface area contributed by atoms with Crippen molar-refractivity contribution in [3.63, 3.8) is 0 Å². The summed E-state index contributed by atoms with van der Waals surface area (Å²) in [6.45, 7) is 0.572. The largest absolute Gasteiger partial charge is 0.489 e. The average Bonchev–Trinajstić information content (AvgIpc) is 2.55. The first-order valence-electron chi connectivity index (χ1n) is 6.79. The zero-order valence-corrected chi connectivity index (χ0v) is 12.3. The zero-order valence-electron chi connectivity index (χ0n) is 11.5. The lowest BCUT2D eigenvalue weighted by Gasteiger charge is -2.12. The molecule has 21 heavy (non-hydrogen) atoms. The standard InChI is InChI=1S/C17H16N2OS/c1-2-6-14(7-3-1)13-20-16-9-4-8-15(12-16)19-17-18-10-5-11-21-17/h1-10,12H,11,13H2,(H,18,19). The summed E-state index contributed by atoms with van der Waals surface area (Å²) in [6.07, 6.45) is 3.86. The van der Waals surface area contributed by atoms with Crippen LogP contribution in [0.3, 0.4) is 0 Å². The molecule has 0 saturated carbocycles. The van der Waals surface area contributed by atoms with Gasteiger partial charge in [-0.15, -0.1) is 0 Å². The van der Waals surface area contributed by atoms with Gasteiger partial charge in [0, 0.05) is 23.7 Å². The SMILES string of the molecule is C1=CN=C(Nc2cccc(OCc3ccccc3)c2)SC1. The molecule has 2 aromatic rings. The van der Waals surface area contributed by atoms with E-state index in [-0.39, 0.29) is 0 Å². The van der Waals surface area contributed by atoms with Crippen molar-refractivity contribution in [1.29, 1.82) is 0 Å². The number of hydrogen-bond acceptors (Lipinski definition) is 4. The van der Waals surface area contributed by atoms with Crippen LogP contribution >= 0.6 is 11.8 Å². The van der Waals surface area contributed by atoms with E-state index in [9.17, 15) is 0 Å². The molecule has 1 aliphatic heterocycles. The predicted octanol–water partition coefficient (Wildman–Crippen LogP) is 4.29. The molecule has 1 aliphatic rings. The second kappa shape index (κ2) is 6.99. The quantitative estimate of drug-likeness (QED) is 0.913. The monoisotopic (exact) mass is 296 g/mol. The van der Waals surface area contributed by atoms with Gasteiger partial charge in [0.15, 0.2) is 5.17 Å². The summed E-state index contributed by atoms with van der Waals surface area (Å²) in [5, 5.41) is 4.22. The second-order valence-corrected chi connectivity index (χ2v) is 5.57. The van der Waals surface area contributed by atoms with Crippen molar-refractivity contribution in [3.8, 4) is 5.75 Å². The lowest BCUT2D eigenvalue weighted by atomic mass is 10.2. The van der Waals surface area contributed by atoms with Crippen LogP contribution < -0.4 is 10.1 Å². The van der Waals surface area contributed by atoms with E-state index >= 15 is 0 Å². The number of ether oxygens (including phenoxy) is 1. The molecule has 0 radical (unpaired) electrons. The summed E-state index contributed by atoms with van der Waals surface area (Å²) in [4.78, 5) is 4.30. The van der Waals surface area contributed by atoms with Gasteiger partial charge in [0.1, 0.15) is 12.4 Å². The van der Waals surface area contributed by atoms with Crippen LogP contribution in [0.2, 0.25) is 0 Å². The third-order valence-corrected chi connectivity index (χ3v) is 3.79. The van der Waals surface area contributed by atoms with Crippen molar-refractivity contribution in [2.45, 2.75) is 6.61 Å². The Morgan fingerprint density at radius 3 is 2.81 bits per heavy atom. The van der Waals surface area contributed by atoms with Crippen LogP contribution in [0.1, 0.15) is 5.56 Å². The molecule has 1 heterocycles. The number of thioether (sulfide) groups is 1. The highest BCUT2D eigenvalue weighted by atomic mass is 32.2. The molecule has 1 N–H and O–H groups in total. The Morgan fingerprint density at radius 1 is 1.10 bits per heavy atom. The summed E-state index contributed by atoms with van der Waals surface area (Å²) in [7, 11) is 0. The molecule has 3 nitrogen and oxygen atoms in total. The van der Waals surface area contributed by atoms with Crippen molar-refractivity contribution in [1.82, 2.24) is 0 Å². The summed E-state index contributed by atoms with van der Waals surface area (Å²) in [5.41, 5.74) is 2.15.